The lowest BCUT2D eigenvalue weighted by Crippen LogP contribution is -2.44. The summed E-state index contributed by atoms with van der Waals surface area (Å²) in [6.07, 6.45) is -2.65. The molecule has 3 rings (SSSR count). The SMILES string of the molecule is C=CCC1(C(=O)OCC)CN(CC(=O)Nc2ccc(C(F)(F)F)cc2)N=C1c1ccc(Cl)cc1. The van der Waals surface area contributed by atoms with Gasteiger partial charge in [-0.05, 0) is 55.3 Å². The van der Waals surface area contributed by atoms with E-state index < -0.39 is 29.0 Å². The number of carbonyl (C=O) groups is 2. The van der Waals surface area contributed by atoms with Crippen LogP contribution in [0.5, 0.6) is 0 Å². The number of amides is 1. The Morgan fingerprint density at radius 3 is 2.41 bits per heavy atom. The molecule has 0 saturated heterocycles. The van der Waals surface area contributed by atoms with Gasteiger partial charge in [-0.15, -0.1) is 6.58 Å². The van der Waals surface area contributed by atoms with E-state index in [1.165, 1.54) is 17.1 Å². The Bertz CT molecular complexity index is 1090. The molecule has 0 fully saturated rings. The molecule has 0 bridgehead atoms. The Hall–Kier alpha value is -3.33. The second-order valence-electron chi connectivity index (χ2n) is 7.70. The monoisotopic (exact) mass is 493 g/mol. The lowest BCUT2D eigenvalue weighted by atomic mass is 9.77. The molecule has 0 saturated carbocycles. The highest BCUT2D eigenvalue weighted by Crippen LogP contribution is 2.37. The summed E-state index contributed by atoms with van der Waals surface area (Å²) in [6, 6.07) is 10.9. The van der Waals surface area contributed by atoms with Gasteiger partial charge in [-0.2, -0.15) is 18.3 Å². The quantitative estimate of drug-likeness (QED) is 0.408. The summed E-state index contributed by atoms with van der Waals surface area (Å²) in [7, 11) is 0. The molecule has 6 nitrogen and oxygen atoms in total. The average Bonchev–Trinajstić information content (AvgIpc) is 3.13. The number of nitrogens with zero attached hydrogens (tertiary/aromatic N) is 2. The van der Waals surface area contributed by atoms with Crippen LogP contribution in [0.25, 0.3) is 0 Å². The zero-order valence-electron chi connectivity index (χ0n) is 18.4. The molecular weight excluding hydrogens is 471 g/mol. The molecular formula is C24H23ClF3N3O3. The van der Waals surface area contributed by atoms with E-state index >= 15 is 0 Å². The summed E-state index contributed by atoms with van der Waals surface area (Å²) in [5, 5.41) is 9.04. The van der Waals surface area contributed by atoms with Crippen molar-refractivity contribution in [3.8, 4) is 0 Å². The summed E-state index contributed by atoms with van der Waals surface area (Å²) in [5.74, 6) is -0.994. The minimum atomic E-state index is -4.47. The minimum absolute atomic E-state index is 0.0657. The molecule has 1 amide bonds. The number of hydrazone groups is 1. The van der Waals surface area contributed by atoms with E-state index in [9.17, 15) is 22.8 Å². The van der Waals surface area contributed by atoms with Crippen LogP contribution in [-0.2, 0) is 20.5 Å². The summed E-state index contributed by atoms with van der Waals surface area (Å²) in [6.45, 7) is 5.46. The maximum Gasteiger partial charge on any atom is 0.416 e. The van der Waals surface area contributed by atoms with Crippen LogP contribution in [-0.4, -0.2) is 42.3 Å². The summed E-state index contributed by atoms with van der Waals surface area (Å²) < 4.78 is 43.6. The highest BCUT2D eigenvalue weighted by molar-refractivity contribution is 6.30. The molecule has 2 aromatic carbocycles. The largest absolute Gasteiger partial charge is 0.465 e. The standard InChI is InChI=1S/C24H23ClF3N3O3/c1-3-13-23(22(33)34-4-2)15-31(30-21(23)16-5-9-18(25)10-6-16)14-20(32)29-19-11-7-17(8-12-19)24(26,27)28/h3,5-12H,1,4,13-15H2,2H3,(H,29,32). The van der Waals surface area contributed by atoms with Crippen LogP contribution in [0.1, 0.15) is 24.5 Å². The first-order chi connectivity index (χ1) is 16.1. The van der Waals surface area contributed by atoms with E-state index in [0.29, 0.717) is 16.3 Å². The molecule has 0 radical (unpaired) electrons. The number of benzene rings is 2. The molecule has 34 heavy (non-hydrogen) atoms. The third-order valence-corrected chi connectivity index (χ3v) is 5.50. The van der Waals surface area contributed by atoms with Gasteiger partial charge in [-0.25, -0.2) is 0 Å². The van der Waals surface area contributed by atoms with Crippen molar-refractivity contribution in [3.63, 3.8) is 0 Å². The first kappa shape index (κ1) is 25.3. The van der Waals surface area contributed by atoms with Gasteiger partial charge in [0.15, 0.2) is 0 Å². The van der Waals surface area contributed by atoms with E-state index in [1.807, 2.05) is 0 Å². The molecule has 180 valence electrons. The van der Waals surface area contributed by atoms with Crippen molar-refractivity contribution in [2.24, 2.45) is 10.5 Å². The van der Waals surface area contributed by atoms with E-state index in [2.05, 4.69) is 17.0 Å². The number of nitrogens with one attached hydrogen (secondary N) is 1. The van der Waals surface area contributed by atoms with Crippen molar-refractivity contribution in [3.05, 3.63) is 77.3 Å². The van der Waals surface area contributed by atoms with Gasteiger partial charge >= 0.3 is 12.1 Å². The molecule has 0 spiro atoms. The third-order valence-electron chi connectivity index (χ3n) is 5.25. The number of esters is 1. The Morgan fingerprint density at radius 1 is 1.21 bits per heavy atom. The first-order valence-electron chi connectivity index (χ1n) is 10.4. The van der Waals surface area contributed by atoms with E-state index in [1.54, 1.807) is 37.3 Å². The third kappa shape index (κ3) is 5.59. The first-order valence-corrected chi connectivity index (χ1v) is 10.8. The van der Waals surface area contributed by atoms with Gasteiger partial charge in [-0.3, -0.25) is 14.6 Å². The Kier molecular flexibility index (Phi) is 7.66. The van der Waals surface area contributed by atoms with Gasteiger partial charge in [0.1, 0.15) is 12.0 Å². The van der Waals surface area contributed by atoms with Crippen LogP contribution in [0.2, 0.25) is 5.02 Å². The van der Waals surface area contributed by atoms with Crippen molar-refractivity contribution in [1.82, 2.24) is 5.01 Å². The summed E-state index contributed by atoms with van der Waals surface area (Å²) >= 11 is 6.00. The molecule has 0 aliphatic carbocycles. The molecule has 1 heterocycles. The fourth-order valence-corrected chi connectivity index (χ4v) is 3.85. The van der Waals surface area contributed by atoms with Crippen LogP contribution in [0, 0.1) is 5.41 Å². The lowest BCUT2D eigenvalue weighted by molar-refractivity contribution is -0.151. The fraction of sp³-hybridized carbons (Fsp3) is 0.292. The Morgan fingerprint density at radius 2 is 1.85 bits per heavy atom. The second kappa shape index (κ2) is 10.3. The van der Waals surface area contributed by atoms with Crippen LogP contribution in [0.4, 0.5) is 18.9 Å². The number of carbonyl (C=O) groups excluding carboxylic acids is 2. The van der Waals surface area contributed by atoms with Crippen molar-refractivity contribution < 1.29 is 27.5 Å². The van der Waals surface area contributed by atoms with Gasteiger partial charge < -0.3 is 10.1 Å². The van der Waals surface area contributed by atoms with E-state index in [4.69, 9.17) is 16.3 Å². The maximum absolute atomic E-state index is 13.0. The molecule has 1 N–H and O–H groups in total. The van der Waals surface area contributed by atoms with Gasteiger partial charge in [0.25, 0.3) is 0 Å². The number of allylic oxidation sites excluding steroid dienone is 1. The van der Waals surface area contributed by atoms with Gasteiger partial charge in [0, 0.05) is 10.7 Å². The van der Waals surface area contributed by atoms with Crippen molar-refractivity contribution in [2.45, 2.75) is 19.5 Å². The molecule has 10 heteroatoms. The smallest absolute Gasteiger partial charge is 0.416 e. The molecule has 1 aliphatic rings. The number of hydrogen-bond donors (Lipinski definition) is 1. The van der Waals surface area contributed by atoms with Gasteiger partial charge in [0.05, 0.1) is 24.4 Å². The van der Waals surface area contributed by atoms with Crippen molar-refractivity contribution >= 4 is 34.9 Å². The highest BCUT2D eigenvalue weighted by atomic mass is 35.5. The zero-order valence-corrected chi connectivity index (χ0v) is 19.1. The Labute approximate surface area is 200 Å². The highest BCUT2D eigenvalue weighted by Gasteiger charge is 2.50. The van der Waals surface area contributed by atoms with Crippen molar-refractivity contribution in [1.29, 1.82) is 0 Å². The molecule has 1 unspecified atom stereocenters. The predicted octanol–water partition coefficient (Wildman–Crippen LogP) is 5.14. The van der Waals surface area contributed by atoms with E-state index in [-0.39, 0.29) is 31.8 Å². The average molecular weight is 494 g/mol. The zero-order chi connectivity index (χ0) is 24.9. The minimum Gasteiger partial charge on any atom is -0.465 e. The number of hydrogen-bond acceptors (Lipinski definition) is 5. The van der Waals surface area contributed by atoms with Gasteiger partial charge in [-0.1, -0.05) is 29.8 Å². The predicted molar refractivity (Wildman–Crippen MR) is 124 cm³/mol. The fourth-order valence-electron chi connectivity index (χ4n) is 3.72. The lowest BCUT2D eigenvalue weighted by Gasteiger charge is -2.27. The number of alkyl halides is 3. The van der Waals surface area contributed by atoms with Crippen LogP contribution >= 0.6 is 11.6 Å². The summed E-state index contributed by atoms with van der Waals surface area (Å²) in [4.78, 5) is 25.7. The molecule has 1 aliphatic heterocycles. The van der Waals surface area contributed by atoms with E-state index in [0.717, 1.165) is 12.1 Å². The number of ether oxygens (including phenoxy) is 1. The number of anilines is 1. The number of rotatable bonds is 8. The molecule has 1 atom stereocenters. The topological polar surface area (TPSA) is 71.0 Å². The van der Waals surface area contributed by atoms with Crippen molar-refractivity contribution in [2.75, 3.05) is 25.0 Å². The second-order valence-corrected chi connectivity index (χ2v) is 8.13. The van der Waals surface area contributed by atoms with Crippen LogP contribution in [0.15, 0.2) is 66.3 Å². The Balaban J connectivity index is 1.83. The van der Waals surface area contributed by atoms with Crippen LogP contribution in [0.3, 0.4) is 0 Å². The van der Waals surface area contributed by atoms with Gasteiger partial charge in [0.2, 0.25) is 5.91 Å². The summed E-state index contributed by atoms with van der Waals surface area (Å²) in [5.41, 5.74) is -0.720. The normalized spacial score (nSPS) is 17.8. The molecule has 2 aromatic rings. The molecule has 0 aromatic heterocycles. The number of halogens is 4. The maximum atomic E-state index is 13.0. The van der Waals surface area contributed by atoms with Crippen LogP contribution < -0.4 is 5.32 Å².